The van der Waals surface area contributed by atoms with Gasteiger partial charge in [0.1, 0.15) is 12.4 Å². The summed E-state index contributed by atoms with van der Waals surface area (Å²) in [5.41, 5.74) is 2.14. The predicted octanol–water partition coefficient (Wildman–Crippen LogP) is 2.52. The molecular weight excluding hydrogens is 376 g/mol. The Hall–Kier alpha value is -2.87. The highest BCUT2D eigenvalue weighted by Crippen LogP contribution is 2.35. The molecule has 1 heterocycles. The Balaban J connectivity index is 2.03. The Morgan fingerprint density at radius 1 is 1.10 bits per heavy atom. The molecule has 0 saturated heterocycles. The van der Waals surface area contributed by atoms with Crippen molar-refractivity contribution in [3.8, 4) is 0 Å². The van der Waals surface area contributed by atoms with Gasteiger partial charge in [-0.15, -0.1) is 0 Å². The van der Waals surface area contributed by atoms with Crippen LogP contribution in [0.5, 0.6) is 0 Å². The van der Waals surface area contributed by atoms with E-state index in [-0.39, 0.29) is 36.4 Å². The van der Waals surface area contributed by atoms with E-state index in [9.17, 15) is 14.4 Å². The average Bonchev–Trinajstić information content (AvgIpc) is 3.28. The summed E-state index contributed by atoms with van der Waals surface area (Å²) in [6.45, 7) is 1.86. The molecule has 1 amide bonds. The lowest BCUT2D eigenvalue weighted by Gasteiger charge is -2.33. The van der Waals surface area contributed by atoms with Gasteiger partial charge in [-0.05, 0) is 37.5 Å². The van der Waals surface area contributed by atoms with Crippen molar-refractivity contribution in [3.63, 3.8) is 0 Å². The lowest BCUT2D eigenvalue weighted by atomic mass is 10.1. The SMILES string of the molecule is COC(=O)C1=C(C(=O)OC)N(c2cc(C)ccc2NC(=O)C2CCCC2)COC1. The lowest BCUT2D eigenvalue weighted by molar-refractivity contribution is -0.140. The average molecular weight is 402 g/mol. The number of rotatable bonds is 5. The predicted molar refractivity (Wildman–Crippen MR) is 106 cm³/mol. The topological polar surface area (TPSA) is 94.2 Å². The molecule has 0 bridgehead atoms. The molecule has 3 rings (SSSR count). The van der Waals surface area contributed by atoms with Crippen LogP contribution in [-0.2, 0) is 28.6 Å². The number of methoxy groups -OCH3 is 2. The molecule has 0 spiro atoms. The van der Waals surface area contributed by atoms with E-state index in [4.69, 9.17) is 14.2 Å². The summed E-state index contributed by atoms with van der Waals surface area (Å²) in [6.07, 6.45) is 3.85. The Kier molecular flexibility index (Phi) is 6.53. The van der Waals surface area contributed by atoms with Crippen LogP contribution in [0.25, 0.3) is 0 Å². The van der Waals surface area contributed by atoms with E-state index in [1.807, 2.05) is 19.1 Å². The number of anilines is 2. The number of hydrogen-bond donors (Lipinski definition) is 1. The highest BCUT2D eigenvalue weighted by molar-refractivity contribution is 6.05. The number of ether oxygens (including phenoxy) is 3. The summed E-state index contributed by atoms with van der Waals surface area (Å²) in [6, 6.07) is 5.50. The Morgan fingerprint density at radius 3 is 2.45 bits per heavy atom. The number of aryl methyl sites for hydroxylation is 1. The Morgan fingerprint density at radius 2 is 1.79 bits per heavy atom. The van der Waals surface area contributed by atoms with E-state index in [1.54, 1.807) is 11.0 Å². The van der Waals surface area contributed by atoms with Crippen LogP contribution in [0.1, 0.15) is 31.2 Å². The van der Waals surface area contributed by atoms with Gasteiger partial charge in [-0.25, -0.2) is 9.59 Å². The molecule has 0 atom stereocenters. The number of carbonyl (C=O) groups excluding carboxylic acids is 3. The van der Waals surface area contributed by atoms with Crippen LogP contribution in [0.4, 0.5) is 11.4 Å². The largest absolute Gasteiger partial charge is 0.466 e. The van der Waals surface area contributed by atoms with Crippen LogP contribution < -0.4 is 10.2 Å². The van der Waals surface area contributed by atoms with Gasteiger partial charge in [-0.1, -0.05) is 18.9 Å². The van der Waals surface area contributed by atoms with Crippen molar-refractivity contribution in [2.75, 3.05) is 37.8 Å². The monoisotopic (exact) mass is 402 g/mol. The van der Waals surface area contributed by atoms with Gasteiger partial charge >= 0.3 is 11.9 Å². The maximum atomic E-state index is 12.7. The fraction of sp³-hybridized carbons (Fsp3) is 0.476. The Labute approximate surface area is 169 Å². The number of hydrogen-bond acceptors (Lipinski definition) is 7. The fourth-order valence-corrected chi connectivity index (χ4v) is 3.73. The van der Waals surface area contributed by atoms with Crippen molar-refractivity contribution in [2.24, 2.45) is 5.92 Å². The molecule has 1 aliphatic heterocycles. The second-order valence-electron chi connectivity index (χ2n) is 7.21. The van der Waals surface area contributed by atoms with Gasteiger partial charge < -0.3 is 24.4 Å². The van der Waals surface area contributed by atoms with Crippen LogP contribution in [0, 0.1) is 12.8 Å². The fourth-order valence-electron chi connectivity index (χ4n) is 3.73. The second-order valence-corrected chi connectivity index (χ2v) is 7.21. The number of nitrogens with zero attached hydrogens (tertiary/aromatic N) is 1. The molecule has 1 aliphatic carbocycles. The zero-order chi connectivity index (χ0) is 21.0. The summed E-state index contributed by atoms with van der Waals surface area (Å²) in [5, 5.41) is 2.99. The van der Waals surface area contributed by atoms with Crippen molar-refractivity contribution in [1.82, 2.24) is 0 Å². The maximum Gasteiger partial charge on any atom is 0.355 e. The molecule has 1 aromatic carbocycles. The molecule has 8 nitrogen and oxygen atoms in total. The van der Waals surface area contributed by atoms with Crippen LogP contribution in [0.3, 0.4) is 0 Å². The molecule has 1 saturated carbocycles. The molecular formula is C21H26N2O6. The van der Waals surface area contributed by atoms with E-state index in [0.29, 0.717) is 11.4 Å². The summed E-state index contributed by atoms with van der Waals surface area (Å²) in [4.78, 5) is 39.0. The minimum Gasteiger partial charge on any atom is -0.466 e. The van der Waals surface area contributed by atoms with E-state index in [1.165, 1.54) is 14.2 Å². The molecule has 29 heavy (non-hydrogen) atoms. The molecule has 0 aromatic heterocycles. The zero-order valence-electron chi connectivity index (χ0n) is 16.9. The summed E-state index contributed by atoms with van der Waals surface area (Å²) < 4.78 is 15.3. The third-order valence-corrected chi connectivity index (χ3v) is 5.26. The molecule has 1 fully saturated rings. The highest BCUT2D eigenvalue weighted by atomic mass is 16.5. The molecule has 2 aliphatic rings. The van der Waals surface area contributed by atoms with E-state index in [0.717, 1.165) is 31.2 Å². The van der Waals surface area contributed by atoms with E-state index >= 15 is 0 Å². The van der Waals surface area contributed by atoms with Gasteiger partial charge in [0.15, 0.2) is 0 Å². The van der Waals surface area contributed by atoms with Crippen molar-refractivity contribution in [1.29, 1.82) is 0 Å². The first kappa shape index (κ1) is 20.9. The number of amides is 1. The van der Waals surface area contributed by atoms with Crippen molar-refractivity contribution >= 4 is 29.2 Å². The van der Waals surface area contributed by atoms with Gasteiger partial charge in [-0.3, -0.25) is 4.79 Å². The third kappa shape index (κ3) is 4.42. The summed E-state index contributed by atoms with van der Waals surface area (Å²) in [7, 11) is 2.49. The highest BCUT2D eigenvalue weighted by Gasteiger charge is 2.34. The molecule has 0 radical (unpaired) electrons. The number of nitrogens with one attached hydrogen (secondary N) is 1. The molecule has 156 valence electrons. The summed E-state index contributed by atoms with van der Waals surface area (Å²) in [5.74, 6) is -1.40. The van der Waals surface area contributed by atoms with Gasteiger partial charge in [0.25, 0.3) is 0 Å². The van der Waals surface area contributed by atoms with E-state index < -0.39 is 11.9 Å². The van der Waals surface area contributed by atoms with Gasteiger partial charge in [0, 0.05) is 5.92 Å². The zero-order valence-corrected chi connectivity index (χ0v) is 16.9. The van der Waals surface area contributed by atoms with Crippen LogP contribution in [-0.4, -0.2) is 45.4 Å². The smallest absolute Gasteiger partial charge is 0.355 e. The number of carbonyl (C=O) groups is 3. The molecule has 0 unspecified atom stereocenters. The third-order valence-electron chi connectivity index (χ3n) is 5.26. The number of esters is 2. The van der Waals surface area contributed by atoms with Crippen LogP contribution in [0.15, 0.2) is 29.5 Å². The van der Waals surface area contributed by atoms with Crippen LogP contribution >= 0.6 is 0 Å². The normalized spacial score (nSPS) is 17.3. The van der Waals surface area contributed by atoms with Gasteiger partial charge in [-0.2, -0.15) is 0 Å². The molecule has 1 aromatic rings. The lowest BCUT2D eigenvalue weighted by Crippen LogP contribution is -2.39. The van der Waals surface area contributed by atoms with E-state index in [2.05, 4.69) is 5.32 Å². The maximum absolute atomic E-state index is 12.7. The first-order valence-corrected chi connectivity index (χ1v) is 9.62. The summed E-state index contributed by atoms with van der Waals surface area (Å²) >= 11 is 0. The number of benzene rings is 1. The van der Waals surface area contributed by atoms with Crippen molar-refractivity contribution < 1.29 is 28.6 Å². The molecule has 1 N–H and O–H groups in total. The van der Waals surface area contributed by atoms with Crippen molar-refractivity contribution in [2.45, 2.75) is 32.6 Å². The van der Waals surface area contributed by atoms with Crippen molar-refractivity contribution in [3.05, 3.63) is 35.0 Å². The van der Waals surface area contributed by atoms with Gasteiger partial charge in [0.05, 0.1) is 37.8 Å². The van der Waals surface area contributed by atoms with Crippen LogP contribution in [0.2, 0.25) is 0 Å². The van der Waals surface area contributed by atoms with Gasteiger partial charge in [0.2, 0.25) is 5.91 Å². The standard InChI is InChI=1S/C21H26N2O6/c1-13-8-9-16(22-19(24)14-6-4-5-7-14)17(10-13)23-12-29-11-15(20(25)27-2)18(23)21(26)28-3/h8-10,14H,4-7,11-12H2,1-3H3,(H,22,24). The minimum atomic E-state index is -0.678. The minimum absolute atomic E-state index is 0.0111. The second kappa shape index (κ2) is 9.09. The first-order chi connectivity index (χ1) is 14.0. The quantitative estimate of drug-likeness (QED) is 0.756. The Bertz CT molecular complexity index is 842. The first-order valence-electron chi connectivity index (χ1n) is 9.62. The molecule has 8 heteroatoms.